The van der Waals surface area contributed by atoms with Crippen molar-refractivity contribution in [2.24, 2.45) is 5.41 Å². The Labute approximate surface area is 95.2 Å². The van der Waals surface area contributed by atoms with Crippen LogP contribution in [0.5, 0.6) is 0 Å². The Bertz CT molecular complexity index is 318. The minimum atomic E-state index is -1.25. The minimum absolute atomic E-state index is 0.423. The van der Waals surface area contributed by atoms with E-state index in [0.717, 1.165) is 19.3 Å². The number of rotatable bonds is 0. The lowest BCUT2D eigenvalue weighted by Crippen LogP contribution is -2.89. The first-order chi connectivity index (χ1) is 7.47. The van der Waals surface area contributed by atoms with Gasteiger partial charge in [0, 0.05) is 12.0 Å². The Hall–Kier alpha value is -0.160. The summed E-state index contributed by atoms with van der Waals surface area (Å²) in [6.45, 7) is 2.31. The summed E-state index contributed by atoms with van der Waals surface area (Å²) in [5, 5.41) is 31.4. The van der Waals surface area contributed by atoms with Crippen LogP contribution >= 0.6 is 0 Å². The van der Waals surface area contributed by atoms with Gasteiger partial charge in [0.2, 0.25) is 0 Å². The molecule has 0 bridgehead atoms. The molecule has 2 saturated carbocycles. The summed E-state index contributed by atoms with van der Waals surface area (Å²) in [4.78, 5) is 0. The van der Waals surface area contributed by atoms with Crippen molar-refractivity contribution < 1.29 is 20.1 Å². The highest BCUT2D eigenvalue weighted by Gasteiger charge is 2.81. The van der Waals surface area contributed by atoms with E-state index in [9.17, 15) is 15.3 Å². The van der Waals surface area contributed by atoms with Gasteiger partial charge in [0.15, 0.2) is 0 Å². The zero-order valence-electron chi connectivity index (χ0n) is 9.65. The van der Waals surface area contributed by atoms with Crippen molar-refractivity contribution in [3.8, 4) is 0 Å². The van der Waals surface area contributed by atoms with Crippen LogP contribution in [-0.2, 0) is 4.74 Å². The van der Waals surface area contributed by atoms with Crippen molar-refractivity contribution in [1.82, 2.24) is 0 Å². The van der Waals surface area contributed by atoms with Gasteiger partial charge in [0.1, 0.15) is 17.3 Å². The molecule has 92 valence electrons. The second-order valence-electron chi connectivity index (χ2n) is 5.84. The second-order valence-corrected chi connectivity index (χ2v) is 5.84. The average Bonchev–Trinajstić information content (AvgIpc) is 2.26. The van der Waals surface area contributed by atoms with E-state index in [1.807, 2.05) is 6.92 Å². The molecule has 0 radical (unpaired) electrons. The van der Waals surface area contributed by atoms with Crippen molar-refractivity contribution in [1.29, 1.82) is 0 Å². The maximum atomic E-state index is 10.7. The minimum Gasteiger partial charge on any atom is -0.390 e. The lowest BCUT2D eigenvalue weighted by Gasteiger charge is -2.73. The Kier molecular flexibility index (Phi) is 2.05. The van der Waals surface area contributed by atoms with Crippen LogP contribution in [0.3, 0.4) is 0 Å². The SMILES string of the molecule is C[C@@]12CCCC[C@]1(O)[C@H]1OCC[C@H](O)[C@]12O. The number of ether oxygens (including phenoxy) is 1. The molecule has 4 heteroatoms. The molecule has 1 heterocycles. The fourth-order valence-corrected chi connectivity index (χ4v) is 4.23. The van der Waals surface area contributed by atoms with Gasteiger partial charge >= 0.3 is 0 Å². The maximum absolute atomic E-state index is 10.7. The van der Waals surface area contributed by atoms with Crippen LogP contribution in [0.25, 0.3) is 0 Å². The number of fused-ring (bicyclic) bond motifs is 4. The summed E-state index contributed by atoms with van der Waals surface area (Å²) in [6.07, 6.45) is 2.49. The molecule has 3 rings (SSSR count). The van der Waals surface area contributed by atoms with Crippen molar-refractivity contribution in [2.75, 3.05) is 6.61 Å². The molecule has 5 atom stereocenters. The third kappa shape index (κ3) is 0.883. The summed E-state index contributed by atoms with van der Waals surface area (Å²) < 4.78 is 5.53. The molecular weight excluding hydrogens is 208 g/mol. The summed E-state index contributed by atoms with van der Waals surface area (Å²) >= 11 is 0. The van der Waals surface area contributed by atoms with E-state index >= 15 is 0 Å². The molecule has 16 heavy (non-hydrogen) atoms. The van der Waals surface area contributed by atoms with Crippen LogP contribution in [0.1, 0.15) is 39.0 Å². The van der Waals surface area contributed by atoms with Crippen LogP contribution in [0.15, 0.2) is 0 Å². The zero-order chi connectivity index (χ0) is 11.6. The van der Waals surface area contributed by atoms with Gasteiger partial charge in [-0.2, -0.15) is 0 Å². The van der Waals surface area contributed by atoms with Crippen LogP contribution in [0.4, 0.5) is 0 Å². The predicted octanol–water partition coefficient (Wildman–Crippen LogP) is 0.192. The van der Waals surface area contributed by atoms with Crippen molar-refractivity contribution in [2.45, 2.75) is 62.4 Å². The van der Waals surface area contributed by atoms with E-state index < -0.39 is 28.8 Å². The number of hydrogen-bond donors (Lipinski definition) is 3. The molecule has 4 nitrogen and oxygen atoms in total. The van der Waals surface area contributed by atoms with Gasteiger partial charge in [-0.05, 0) is 19.3 Å². The molecule has 0 aromatic carbocycles. The summed E-state index contributed by atoms with van der Waals surface area (Å²) in [5.74, 6) is 0. The maximum Gasteiger partial charge on any atom is 0.128 e. The molecule has 0 amide bonds. The highest BCUT2D eigenvalue weighted by molar-refractivity contribution is 5.31. The van der Waals surface area contributed by atoms with Crippen LogP contribution in [-0.4, -0.2) is 45.3 Å². The molecule has 0 aromatic rings. The quantitative estimate of drug-likeness (QED) is 0.553. The van der Waals surface area contributed by atoms with Crippen molar-refractivity contribution >= 4 is 0 Å². The van der Waals surface area contributed by atoms with Gasteiger partial charge in [-0.3, -0.25) is 0 Å². The largest absolute Gasteiger partial charge is 0.390 e. The van der Waals surface area contributed by atoms with E-state index in [1.165, 1.54) is 0 Å². The third-order valence-electron chi connectivity index (χ3n) is 5.34. The topological polar surface area (TPSA) is 69.9 Å². The van der Waals surface area contributed by atoms with Gasteiger partial charge in [-0.15, -0.1) is 0 Å². The fraction of sp³-hybridized carbons (Fsp3) is 1.00. The second kappa shape index (κ2) is 2.99. The van der Waals surface area contributed by atoms with Crippen LogP contribution < -0.4 is 0 Å². The van der Waals surface area contributed by atoms with E-state index in [4.69, 9.17) is 4.74 Å². The molecule has 0 spiro atoms. The van der Waals surface area contributed by atoms with E-state index in [-0.39, 0.29) is 0 Å². The summed E-state index contributed by atoms with van der Waals surface area (Å²) in [6, 6.07) is 0. The number of hydrogen-bond acceptors (Lipinski definition) is 4. The van der Waals surface area contributed by atoms with Gasteiger partial charge in [-0.25, -0.2) is 0 Å². The monoisotopic (exact) mass is 228 g/mol. The Morgan fingerprint density at radius 1 is 1.19 bits per heavy atom. The highest BCUT2D eigenvalue weighted by Crippen LogP contribution is 2.67. The van der Waals surface area contributed by atoms with Gasteiger partial charge in [0.05, 0.1) is 6.10 Å². The summed E-state index contributed by atoms with van der Waals surface area (Å²) in [5.41, 5.74) is -2.80. The van der Waals surface area contributed by atoms with E-state index in [1.54, 1.807) is 0 Å². The van der Waals surface area contributed by atoms with Gasteiger partial charge in [-0.1, -0.05) is 19.8 Å². The highest BCUT2D eigenvalue weighted by atomic mass is 16.5. The smallest absolute Gasteiger partial charge is 0.128 e. The van der Waals surface area contributed by atoms with Crippen LogP contribution in [0, 0.1) is 5.41 Å². The van der Waals surface area contributed by atoms with E-state index in [2.05, 4.69) is 0 Å². The van der Waals surface area contributed by atoms with Gasteiger partial charge < -0.3 is 20.1 Å². The Morgan fingerprint density at radius 2 is 1.88 bits per heavy atom. The Morgan fingerprint density at radius 3 is 2.62 bits per heavy atom. The molecular formula is C12H20O4. The molecule has 1 saturated heterocycles. The number of aliphatic hydroxyl groups is 3. The molecule has 0 unspecified atom stereocenters. The first kappa shape index (κ1) is 11.0. The molecule has 3 fully saturated rings. The lowest BCUT2D eigenvalue weighted by molar-refractivity contribution is -0.419. The molecule has 0 aromatic heterocycles. The lowest BCUT2D eigenvalue weighted by atomic mass is 9.39. The Balaban J connectivity index is 2.03. The summed E-state index contributed by atoms with van der Waals surface area (Å²) in [7, 11) is 0. The third-order valence-corrected chi connectivity index (χ3v) is 5.34. The standard InChI is InChI=1S/C12H20O4/c1-10-5-2-3-6-11(10,14)9-12(10,15)8(13)4-7-16-9/h8-9,13-15H,2-7H2,1H3/t8-,9+,10+,11-,12-/m0/s1. The first-order valence-corrected chi connectivity index (χ1v) is 6.21. The first-order valence-electron chi connectivity index (χ1n) is 6.21. The van der Waals surface area contributed by atoms with Gasteiger partial charge in [0.25, 0.3) is 0 Å². The zero-order valence-corrected chi connectivity index (χ0v) is 9.65. The van der Waals surface area contributed by atoms with Crippen molar-refractivity contribution in [3.63, 3.8) is 0 Å². The van der Waals surface area contributed by atoms with Crippen molar-refractivity contribution in [3.05, 3.63) is 0 Å². The number of aliphatic hydroxyl groups excluding tert-OH is 1. The van der Waals surface area contributed by atoms with E-state index in [0.29, 0.717) is 19.4 Å². The molecule has 1 aliphatic heterocycles. The average molecular weight is 228 g/mol. The predicted molar refractivity (Wildman–Crippen MR) is 56.8 cm³/mol. The molecule has 3 N–H and O–H groups in total. The van der Waals surface area contributed by atoms with Crippen LogP contribution in [0.2, 0.25) is 0 Å². The molecule has 3 aliphatic rings. The normalized spacial score (nSPS) is 60.8. The fourth-order valence-electron chi connectivity index (χ4n) is 4.23. The molecule has 2 aliphatic carbocycles.